The molecule has 0 bridgehead atoms. The highest BCUT2D eigenvalue weighted by molar-refractivity contribution is 5.75. The Labute approximate surface area is 161 Å². The van der Waals surface area contributed by atoms with Crippen molar-refractivity contribution in [2.45, 2.75) is 51.6 Å². The van der Waals surface area contributed by atoms with Gasteiger partial charge in [0, 0.05) is 24.8 Å². The molecule has 0 saturated carbocycles. The van der Waals surface area contributed by atoms with Crippen molar-refractivity contribution >= 4 is 6.03 Å². The molecule has 1 aliphatic heterocycles. The van der Waals surface area contributed by atoms with E-state index in [0.29, 0.717) is 0 Å². The molecule has 1 saturated heterocycles. The Morgan fingerprint density at radius 2 is 2.00 bits per heavy atom. The highest BCUT2D eigenvalue weighted by Crippen LogP contribution is 2.31. The lowest BCUT2D eigenvalue weighted by molar-refractivity contribution is 0.172. The number of carbonyl (C=O) groups excluding carboxylic acids is 1. The Kier molecular flexibility index (Phi) is 6.04. The highest BCUT2D eigenvalue weighted by Gasteiger charge is 2.28. The van der Waals surface area contributed by atoms with Gasteiger partial charge in [0.2, 0.25) is 0 Å². The monoisotopic (exact) mass is 370 g/mol. The third-order valence-corrected chi connectivity index (χ3v) is 5.59. The lowest BCUT2D eigenvalue weighted by atomic mass is 10.0. The number of urea groups is 1. The van der Waals surface area contributed by atoms with E-state index in [-0.39, 0.29) is 18.1 Å². The largest absolute Gasteiger partial charge is 0.497 e. The predicted octanol–water partition coefficient (Wildman–Crippen LogP) is 4.13. The molecule has 6 heteroatoms. The number of hydrogen-bond acceptors (Lipinski definition) is 3. The summed E-state index contributed by atoms with van der Waals surface area (Å²) in [5.41, 5.74) is 3.30. The molecule has 2 heterocycles. The van der Waals surface area contributed by atoms with Crippen LogP contribution in [0.4, 0.5) is 4.79 Å². The van der Waals surface area contributed by atoms with Crippen LogP contribution in [0.3, 0.4) is 0 Å². The molecule has 1 N–H and O–H groups in total. The van der Waals surface area contributed by atoms with E-state index in [9.17, 15) is 4.79 Å². The Morgan fingerprint density at radius 3 is 2.63 bits per heavy atom. The number of ether oxygens (including phenoxy) is 1. The number of nitrogens with one attached hydrogen (secondary N) is 1. The molecule has 1 aromatic heterocycles. The average Bonchev–Trinajstić information content (AvgIpc) is 2.88. The first-order chi connectivity index (χ1) is 13.0. The van der Waals surface area contributed by atoms with Gasteiger partial charge in [-0.15, -0.1) is 0 Å². The summed E-state index contributed by atoms with van der Waals surface area (Å²) in [5, 5.41) is 7.47. The maximum atomic E-state index is 13.1. The molecule has 1 fully saturated rings. The lowest BCUT2D eigenvalue weighted by Crippen LogP contribution is -2.43. The second-order valence-electron chi connectivity index (χ2n) is 7.31. The van der Waals surface area contributed by atoms with Gasteiger partial charge in [0.05, 0.1) is 25.4 Å². The Hall–Kier alpha value is -2.50. The number of aromatic nitrogens is 2. The van der Waals surface area contributed by atoms with Crippen LogP contribution < -0.4 is 10.1 Å². The number of amides is 2. The molecular weight excluding hydrogens is 340 g/mol. The summed E-state index contributed by atoms with van der Waals surface area (Å²) in [6.45, 7) is 4.82. The fourth-order valence-corrected chi connectivity index (χ4v) is 3.81. The van der Waals surface area contributed by atoms with Crippen molar-refractivity contribution < 1.29 is 9.53 Å². The van der Waals surface area contributed by atoms with Crippen LogP contribution in [0.1, 0.15) is 61.5 Å². The van der Waals surface area contributed by atoms with Crippen molar-refractivity contribution in [2.24, 2.45) is 7.05 Å². The maximum Gasteiger partial charge on any atom is 0.318 e. The van der Waals surface area contributed by atoms with Crippen LogP contribution in [0.25, 0.3) is 0 Å². The molecule has 27 heavy (non-hydrogen) atoms. The quantitative estimate of drug-likeness (QED) is 0.880. The van der Waals surface area contributed by atoms with Crippen LogP contribution in [0.2, 0.25) is 0 Å². The molecule has 3 rings (SSSR count). The van der Waals surface area contributed by atoms with Crippen LogP contribution in [-0.4, -0.2) is 34.4 Å². The Morgan fingerprint density at radius 1 is 1.26 bits per heavy atom. The fourth-order valence-electron chi connectivity index (χ4n) is 3.81. The van der Waals surface area contributed by atoms with E-state index in [2.05, 4.69) is 22.5 Å². The minimum atomic E-state index is -0.0778. The number of hydrogen-bond donors (Lipinski definition) is 1. The number of nitrogens with zero attached hydrogens (tertiary/aromatic N) is 3. The van der Waals surface area contributed by atoms with Crippen LogP contribution in [0.5, 0.6) is 5.75 Å². The van der Waals surface area contributed by atoms with Gasteiger partial charge in [-0.05, 0) is 44.4 Å². The average molecular weight is 370 g/mol. The minimum Gasteiger partial charge on any atom is -0.497 e. The van der Waals surface area contributed by atoms with Gasteiger partial charge in [-0.1, -0.05) is 25.0 Å². The molecule has 2 aromatic rings. The smallest absolute Gasteiger partial charge is 0.318 e. The topological polar surface area (TPSA) is 59.4 Å². The van der Waals surface area contributed by atoms with Crippen molar-refractivity contribution in [1.29, 1.82) is 0 Å². The van der Waals surface area contributed by atoms with Crippen LogP contribution >= 0.6 is 0 Å². The van der Waals surface area contributed by atoms with Gasteiger partial charge in [0.25, 0.3) is 0 Å². The molecule has 6 nitrogen and oxygen atoms in total. The summed E-state index contributed by atoms with van der Waals surface area (Å²) in [6.07, 6.45) is 6.16. The van der Waals surface area contributed by atoms with Crippen LogP contribution in [-0.2, 0) is 7.05 Å². The number of benzene rings is 1. The van der Waals surface area contributed by atoms with Crippen molar-refractivity contribution in [2.75, 3.05) is 13.7 Å². The zero-order chi connectivity index (χ0) is 19.4. The molecule has 0 unspecified atom stereocenters. The van der Waals surface area contributed by atoms with Gasteiger partial charge in [-0.2, -0.15) is 5.10 Å². The van der Waals surface area contributed by atoms with E-state index < -0.39 is 0 Å². The predicted molar refractivity (Wildman–Crippen MR) is 106 cm³/mol. The van der Waals surface area contributed by atoms with Crippen molar-refractivity contribution in [3.63, 3.8) is 0 Å². The first-order valence-corrected chi connectivity index (χ1v) is 9.71. The van der Waals surface area contributed by atoms with Crippen molar-refractivity contribution in [3.8, 4) is 5.75 Å². The van der Waals surface area contributed by atoms with E-state index in [0.717, 1.165) is 54.8 Å². The summed E-state index contributed by atoms with van der Waals surface area (Å²) >= 11 is 0. The number of methoxy groups -OCH3 is 1. The summed E-state index contributed by atoms with van der Waals surface area (Å²) in [5.74, 6) is 0.837. The number of aryl methyl sites for hydroxylation is 1. The van der Waals surface area contributed by atoms with E-state index >= 15 is 0 Å². The Balaban J connectivity index is 1.77. The summed E-state index contributed by atoms with van der Waals surface area (Å²) in [7, 11) is 3.59. The molecule has 1 aromatic carbocycles. The first-order valence-electron chi connectivity index (χ1n) is 9.71. The summed E-state index contributed by atoms with van der Waals surface area (Å²) in [4.78, 5) is 15.1. The standard InChI is InChI=1S/C21H30N4O2/c1-15(19-14-22-24(3)16(19)2)23-21(26)25-13-7-5-6-8-20(25)17-9-11-18(27-4)12-10-17/h9-12,14-15,20H,5-8,13H2,1-4H3,(H,23,26)/t15-,20-/m0/s1. The highest BCUT2D eigenvalue weighted by atomic mass is 16.5. The van der Waals surface area contributed by atoms with Gasteiger partial charge in [0.1, 0.15) is 5.75 Å². The maximum absolute atomic E-state index is 13.1. The Bertz CT molecular complexity index is 769. The molecule has 0 spiro atoms. The van der Waals surface area contributed by atoms with Gasteiger partial charge < -0.3 is 15.0 Å². The van der Waals surface area contributed by atoms with Gasteiger partial charge in [-0.3, -0.25) is 4.68 Å². The van der Waals surface area contributed by atoms with E-state index in [1.807, 2.05) is 48.8 Å². The lowest BCUT2D eigenvalue weighted by Gasteiger charge is -2.32. The number of rotatable bonds is 4. The van der Waals surface area contributed by atoms with E-state index in [1.54, 1.807) is 7.11 Å². The SMILES string of the molecule is COc1ccc([C@@H]2CCCCCN2C(=O)N[C@@H](C)c2cnn(C)c2C)cc1. The van der Waals surface area contributed by atoms with Gasteiger partial charge >= 0.3 is 6.03 Å². The van der Waals surface area contributed by atoms with E-state index in [4.69, 9.17) is 4.74 Å². The number of carbonyl (C=O) groups is 1. The van der Waals surface area contributed by atoms with E-state index in [1.165, 1.54) is 0 Å². The summed E-state index contributed by atoms with van der Waals surface area (Å²) < 4.78 is 7.11. The van der Waals surface area contributed by atoms with Crippen molar-refractivity contribution in [3.05, 3.63) is 47.3 Å². The fraction of sp³-hybridized carbons (Fsp3) is 0.524. The van der Waals surface area contributed by atoms with Crippen LogP contribution in [0.15, 0.2) is 30.5 Å². The second kappa shape index (κ2) is 8.46. The molecule has 146 valence electrons. The second-order valence-corrected chi connectivity index (χ2v) is 7.31. The van der Waals surface area contributed by atoms with Gasteiger partial charge in [-0.25, -0.2) is 4.79 Å². The molecule has 2 atom stereocenters. The van der Waals surface area contributed by atoms with Crippen molar-refractivity contribution in [1.82, 2.24) is 20.0 Å². The molecule has 2 amide bonds. The normalized spacial score (nSPS) is 18.7. The first kappa shape index (κ1) is 19.3. The number of likely N-dealkylation sites (tertiary alicyclic amines) is 1. The minimum absolute atomic E-state index is 0.00605. The zero-order valence-corrected chi connectivity index (χ0v) is 16.7. The molecule has 1 aliphatic rings. The third kappa shape index (κ3) is 4.26. The molecule has 0 aliphatic carbocycles. The van der Waals surface area contributed by atoms with Gasteiger partial charge in [0.15, 0.2) is 0 Å². The third-order valence-electron chi connectivity index (χ3n) is 5.59. The summed E-state index contributed by atoms with van der Waals surface area (Å²) in [6, 6.07) is 8.10. The zero-order valence-electron chi connectivity index (χ0n) is 16.7. The molecule has 0 radical (unpaired) electrons. The van der Waals surface area contributed by atoms with Crippen LogP contribution in [0, 0.1) is 6.92 Å². The molecular formula is C21H30N4O2.